The lowest BCUT2D eigenvalue weighted by Gasteiger charge is -2.44. The predicted octanol–water partition coefficient (Wildman–Crippen LogP) is 1.22. The smallest absolute Gasteiger partial charge is 0.0727 e. The number of hydrogen-bond acceptors (Lipinski definition) is 3. The van der Waals surface area contributed by atoms with E-state index < -0.39 is 0 Å². The molecule has 2 aliphatic heterocycles. The molecule has 0 aromatic carbocycles. The van der Waals surface area contributed by atoms with Gasteiger partial charge in [-0.25, -0.2) is 0 Å². The Morgan fingerprint density at radius 1 is 1.25 bits per heavy atom. The number of hydrogen-bond donors (Lipinski definition) is 1. The minimum atomic E-state index is 0.663. The van der Waals surface area contributed by atoms with Crippen molar-refractivity contribution in [3.8, 4) is 0 Å². The molecular weight excluding hydrogens is 218 g/mol. The molecule has 4 heteroatoms. The van der Waals surface area contributed by atoms with Crippen molar-refractivity contribution in [2.75, 3.05) is 32.7 Å². The molecule has 3 nitrogen and oxygen atoms in total. The Balaban J connectivity index is 1.70. The van der Waals surface area contributed by atoms with Crippen LogP contribution in [0.1, 0.15) is 32.1 Å². The molecule has 2 rings (SSSR count). The van der Waals surface area contributed by atoms with Crippen LogP contribution in [0.2, 0.25) is 0 Å². The average molecular weight is 241 g/mol. The first-order chi connectivity index (χ1) is 7.75. The van der Waals surface area contributed by atoms with Crippen LogP contribution >= 0.6 is 12.2 Å². The molecule has 0 saturated carbocycles. The molecule has 0 aliphatic carbocycles. The molecule has 0 amide bonds. The zero-order chi connectivity index (χ0) is 11.4. The summed E-state index contributed by atoms with van der Waals surface area (Å²) in [5.74, 6) is 0. The number of piperidine rings is 1. The first kappa shape index (κ1) is 12.3. The minimum Gasteiger partial charge on any atom is -0.393 e. The average Bonchev–Trinajstić information content (AvgIpc) is 2.28. The van der Waals surface area contributed by atoms with Crippen LogP contribution < -0.4 is 5.73 Å². The second-order valence-electron chi connectivity index (χ2n) is 5.06. The van der Waals surface area contributed by atoms with Crippen LogP contribution in [0, 0.1) is 0 Å². The zero-order valence-electron chi connectivity index (χ0n) is 10.0. The van der Waals surface area contributed by atoms with E-state index in [1.54, 1.807) is 0 Å². The van der Waals surface area contributed by atoms with Gasteiger partial charge in [-0.05, 0) is 38.8 Å². The Kier molecular flexibility index (Phi) is 4.55. The molecule has 1 atom stereocenters. The molecular formula is C12H23N3S. The molecule has 2 heterocycles. The van der Waals surface area contributed by atoms with Gasteiger partial charge >= 0.3 is 0 Å². The lowest BCUT2D eigenvalue weighted by molar-refractivity contribution is 0.0492. The Morgan fingerprint density at radius 2 is 2.12 bits per heavy atom. The van der Waals surface area contributed by atoms with E-state index in [9.17, 15) is 0 Å². The third-order valence-electron chi connectivity index (χ3n) is 3.82. The normalized spacial score (nSPS) is 27.6. The fourth-order valence-electron chi connectivity index (χ4n) is 2.90. The summed E-state index contributed by atoms with van der Waals surface area (Å²) in [5, 5.41) is 0. The van der Waals surface area contributed by atoms with Crippen LogP contribution in [0.5, 0.6) is 0 Å². The molecule has 92 valence electrons. The quantitative estimate of drug-likeness (QED) is 0.750. The third kappa shape index (κ3) is 3.40. The molecule has 2 fully saturated rings. The lowest BCUT2D eigenvalue weighted by atomic mass is 9.99. The number of nitrogens with two attached hydrogens (primary N) is 1. The van der Waals surface area contributed by atoms with Gasteiger partial charge < -0.3 is 10.6 Å². The maximum Gasteiger partial charge on any atom is 0.0727 e. The van der Waals surface area contributed by atoms with Gasteiger partial charge in [-0.2, -0.15) is 0 Å². The van der Waals surface area contributed by atoms with E-state index in [1.807, 2.05) is 0 Å². The second kappa shape index (κ2) is 5.94. The van der Waals surface area contributed by atoms with Crippen molar-refractivity contribution < 1.29 is 0 Å². The third-order valence-corrected chi connectivity index (χ3v) is 4.02. The molecule has 0 spiro atoms. The van der Waals surface area contributed by atoms with Crippen molar-refractivity contribution in [2.24, 2.45) is 5.73 Å². The number of fused-ring (bicyclic) bond motifs is 1. The first-order valence-electron chi connectivity index (χ1n) is 6.50. The van der Waals surface area contributed by atoms with Crippen LogP contribution in [0.15, 0.2) is 0 Å². The van der Waals surface area contributed by atoms with E-state index in [1.165, 1.54) is 52.0 Å². The molecule has 0 radical (unpaired) electrons. The van der Waals surface area contributed by atoms with Gasteiger partial charge in [0.25, 0.3) is 0 Å². The summed E-state index contributed by atoms with van der Waals surface area (Å²) in [6.45, 7) is 6.25. The zero-order valence-corrected chi connectivity index (χ0v) is 10.8. The van der Waals surface area contributed by atoms with Gasteiger partial charge in [0.15, 0.2) is 0 Å². The van der Waals surface area contributed by atoms with E-state index in [-0.39, 0.29) is 0 Å². The molecule has 2 saturated heterocycles. The van der Waals surface area contributed by atoms with E-state index in [0.29, 0.717) is 4.99 Å². The fraction of sp³-hybridized carbons (Fsp3) is 0.917. The first-order valence-corrected chi connectivity index (χ1v) is 6.91. The standard InChI is InChI=1S/C12H23N3S/c13-12(16)5-3-6-14-8-9-15-7-2-1-4-11(15)10-14/h11H,1-10H2,(H2,13,16). The highest BCUT2D eigenvalue weighted by atomic mass is 32.1. The van der Waals surface area contributed by atoms with Gasteiger partial charge in [0.2, 0.25) is 0 Å². The van der Waals surface area contributed by atoms with E-state index in [4.69, 9.17) is 18.0 Å². The monoisotopic (exact) mass is 241 g/mol. The van der Waals surface area contributed by atoms with Crippen LogP contribution in [0.25, 0.3) is 0 Å². The minimum absolute atomic E-state index is 0.663. The van der Waals surface area contributed by atoms with E-state index in [2.05, 4.69) is 9.80 Å². The highest BCUT2D eigenvalue weighted by Gasteiger charge is 2.28. The molecule has 2 aliphatic rings. The van der Waals surface area contributed by atoms with Crippen LogP contribution in [0.3, 0.4) is 0 Å². The highest BCUT2D eigenvalue weighted by molar-refractivity contribution is 7.80. The van der Waals surface area contributed by atoms with Crippen LogP contribution in [-0.4, -0.2) is 53.6 Å². The Bertz CT molecular complexity index is 244. The topological polar surface area (TPSA) is 32.5 Å². The summed E-state index contributed by atoms with van der Waals surface area (Å²) in [6, 6.07) is 0.826. The molecule has 0 aromatic rings. The predicted molar refractivity (Wildman–Crippen MR) is 71.7 cm³/mol. The Labute approximate surface area is 104 Å². The van der Waals surface area contributed by atoms with E-state index in [0.717, 1.165) is 18.9 Å². The largest absolute Gasteiger partial charge is 0.393 e. The maximum absolute atomic E-state index is 5.52. The highest BCUT2D eigenvalue weighted by Crippen LogP contribution is 2.21. The molecule has 2 N–H and O–H groups in total. The summed E-state index contributed by atoms with van der Waals surface area (Å²) in [6.07, 6.45) is 6.24. The summed E-state index contributed by atoms with van der Waals surface area (Å²) in [4.78, 5) is 5.93. The van der Waals surface area contributed by atoms with Gasteiger partial charge in [-0.15, -0.1) is 0 Å². The summed E-state index contributed by atoms with van der Waals surface area (Å²) >= 11 is 4.91. The number of piperazine rings is 1. The van der Waals surface area contributed by atoms with Gasteiger partial charge in [-0.1, -0.05) is 18.6 Å². The Hall–Kier alpha value is -0.190. The van der Waals surface area contributed by atoms with Crippen LogP contribution in [-0.2, 0) is 0 Å². The van der Waals surface area contributed by atoms with Gasteiger partial charge in [0.1, 0.15) is 0 Å². The van der Waals surface area contributed by atoms with Crippen molar-refractivity contribution in [3.05, 3.63) is 0 Å². The van der Waals surface area contributed by atoms with Crippen molar-refractivity contribution >= 4 is 17.2 Å². The molecule has 0 aromatic heterocycles. The maximum atomic E-state index is 5.52. The summed E-state index contributed by atoms with van der Waals surface area (Å²) in [5.41, 5.74) is 5.52. The van der Waals surface area contributed by atoms with E-state index >= 15 is 0 Å². The van der Waals surface area contributed by atoms with Crippen molar-refractivity contribution in [1.82, 2.24) is 9.80 Å². The van der Waals surface area contributed by atoms with Gasteiger partial charge in [-0.3, -0.25) is 4.90 Å². The molecule has 1 unspecified atom stereocenters. The molecule has 0 bridgehead atoms. The number of nitrogens with zero attached hydrogens (tertiary/aromatic N) is 2. The van der Waals surface area contributed by atoms with Gasteiger partial charge in [0.05, 0.1) is 4.99 Å². The van der Waals surface area contributed by atoms with Gasteiger partial charge in [0, 0.05) is 25.7 Å². The van der Waals surface area contributed by atoms with Crippen molar-refractivity contribution in [3.63, 3.8) is 0 Å². The summed E-state index contributed by atoms with van der Waals surface area (Å²) in [7, 11) is 0. The fourth-order valence-corrected chi connectivity index (χ4v) is 3.04. The van der Waals surface area contributed by atoms with Crippen LogP contribution in [0.4, 0.5) is 0 Å². The summed E-state index contributed by atoms with van der Waals surface area (Å²) < 4.78 is 0. The Morgan fingerprint density at radius 3 is 2.94 bits per heavy atom. The second-order valence-corrected chi connectivity index (χ2v) is 5.58. The SMILES string of the molecule is NC(=S)CCCN1CCN2CCCCC2C1. The van der Waals surface area contributed by atoms with Crippen molar-refractivity contribution in [1.29, 1.82) is 0 Å². The lowest BCUT2D eigenvalue weighted by Crippen LogP contribution is -2.54. The van der Waals surface area contributed by atoms with Crippen molar-refractivity contribution in [2.45, 2.75) is 38.1 Å². The molecule has 16 heavy (non-hydrogen) atoms. The number of rotatable bonds is 4. The number of thiocarbonyl (C=S) groups is 1.